The predicted molar refractivity (Wildman–Crippen MR) is 127 cm³/mol. The van der Waals surface area contributed by atoms with Gasteiger partial charge in [0.1, 0.15) is 24.9 Å². The Kier molecular flexibility index (Phi) is 8.49. The van der Waals surface area contributed by atoms with Crippen molar-refractivity contribution in [2.45, 2.75) is 57.7 Å². The molecule has 0 aromatic heterocycles. The monoisotopic (exact) mass is 568 g/mol. The average Bonchev–Trinajstić information content (AvgIpc) is 3.07. The van der Waals surface area contributed by atoms with Crippen LogP contribution in [-0.2, 0) is 18.9 Å². The second-order valence-corrected chi connectivity index (χ2v) is 9.81. The molecule has 1 aliphatic heterocycles. The zero-order valence-electron chi connectivity index (χ0n) is 18.2. The summed E-state index contributed by atoms with van der Waals surface area (Å²) in [6.07, 6.45) is -0.317. The Morgan fingerprint density at radius 3 is 2.00 bits per heavy atom. The summed E-state index contributed by atoms with van der Waals surface area (Å²) in [5, 5.41) is 0. The molecular formula is C24H26Br2O6. The molecule has 0 saturated carbocycles. The first-order valence-corrected chi connectivity index (χ1v) is 12.0. The van der Waals surface area contributed by atoms with E-state index >= 15 is 0 Å². The quantitative estimate of drug-likeness (QED) is 0.368. The number of halogens is 2. The summed E-state index contributed by atoms with van der Waals surface area (Å²) < 4.78 is 25.1. The van der Waals surface area contributed by atoms with E-state index in [0.29, 0.717) is 17.5 Å². The molecule has 6 nitrogen and oxygen atoms in total. The Morgan fingerprint density at radius 1 is 0.938 bits per heavy atom. The lowest BCUT2D eigenvalue weighted by molar-refractivity contribution is -0.157. The number of ether oxygens (including phenoxy) is 4. The minimum atomic E-state index is -0.893. The number of rotatable bonds is 8. The molecular weight excluding hydrogens is 544 g/mol. The highest BCUT2D eigenvalue weighted by molar-refractivity contribution is 9.10. The Hall–Kier alpha value is -1.74. The maximum Gasteiger partial charge on any atom is 0.338 e. The first-order chi connectivity index (χ1) is 15.2. The van der Waals surface area contributed by atoms with Crippen molar-refractivity contribution in [2.24, 2.45) is 0 Å². The SMILES string of the molecule is CCC[C@H](OC(=O)c1ccc(Br)cc1)[C@@H]1OC(C)(C)O[C@@H]1COC(=O)c1ccc(Br)cc1. The fourth-order valence-corrected chi connectivity index (χ4v) is 4.03. The van der Waals surface area contributed by atoms with Crippen LogP contribution >= 0.6 is 31.9 Å². The summed E-state index contributed by atoms with van der Waals surface area (Å²) in [5.41, 5.74) is 0.889. The van der Waals surface area contributed by atoms with Crippen LogP contribution < -0.4 is 0 Å². The topological polar surface area (TPSA) is 71.1 Å². The van der Waals surface area contributed by atoms with Crippen LogP contribution in [0.2, 0.25) is 0 Å². The summed E-state index contributed by atoms with van der Waals surface area (Å²) >= 11 is 6.71. The number of carbonyl (C=O) groups is 2. The molecule has 32 heavy (non-hydrogen) atoms. The van der Waals surface area contributed by atoms with Crippen LogP contribution in [0.5, 0.6) is 0 Å². The second-order valence-electron chi connectivity index (χ2n) is 7.98. The number of carbonyl (C=O) groups excluding carboxylic acids is 2. The molecule has 3 atom stereocenters. The minimum absolute atomic E-state index is 0.0148. The third-order valence-corrected chi connectivity index (χ3v) is 6.02. The summed E-state index contributed by atoms with van der Waals surface area (Å²) in [5.74, 6) is -1.78. The van der Waals surface area contributed by atoms with Crippen molar-refractivity contribution in [1.82, 2.24) is 0 Å². The van der Waals surface area contributed by atoms with E-state index in [2.05, 4.69) is 31.9 Å². The van der Waals surface area contributed by atoms with Gasteiger partial charge >= 0.3 is 11.9 Å². The number of benzene rings is 2. The molecule has 8 heteroatoms. The molecule has 1 saturated heterocycles. The molecule has 172 valence electrons. The van der Waals surface area contributed by atoms with Crippen molar-refractivity contribution in [3.63, 3.8) is 0 Å². The van der Waals surface area contributed by atoms with Crippen LogP contribution in [0.25, 0.3) is 0 Å². The van der Waals surface area contributed by atoms with Gasteiger partial charge in [0.15, 0.2) is 5.79 Å². The zero-order valence-corrected chi connectivity index (χ0v) is 21.3. The molecule has 0 aliphatic carbocycles. The van der Waals surface area contributed by atoms with Crippen molar-refractivity contribution in [2.75, 3.05) is 6.61 Å². The van der Waals surface area contributed by atoms with Gasteiger partial charge in [0.2, 0.25) is 0 Å². The summed E-state index contributed by atoms with van der Waals surface area (Å²) in [4.78, 5) is 25.2. The van der Waals surface area contributed by atoms with Gasteiger partial charge in [-0.05, 0) is 68.8 Å². The van der Waals surface area contributed by atoms with E-state index in [1.807, 2.05) is 6.92 Å². The Balaban J connectivity index is 1.70. The molecule has 0 amide bonds. The molecule has 3 rings (SSSR count). The highest BCUT2D eigenvalue weighted by atomic mass is 79.9. The van der Waals surface area contributed by atoms with Crippen molar-refractivity contribution in [3.8, 4) is 0 Å². The standard InChI is InChI=1S/C24H26Br2O6/c1-4-5-19(30-23(28)16-8-12-18(26)13-9-16)21-20(31-24(2,3)32-21)14-29-22(27)15-6-10-17(25)11-7-15/h6-13,19-21H,4-5,14H2,1-3H3/t19-,20+,21-/m0/s1. The van der Waals surface area contributed by atoms with Crippen molar-refractivity contribution in [1.29, 1.82) is 0 Å². The van der Waals surface area contributed by atoms with Crippen molar-refractivity contribution < 1.29 is 28.5 Å². The third-order valence-electron chi connectivity index (χ3n) is 4.96. The molecule has 2 aromatic rings. The first kappa shape index (κ1) is 24.9. The molecule has 1 fully saturated rings. The highest BCUT2D eigenvalue weighted by Gasteiger charge is 2.47. The fraction of sp³-hybridized carbons (Fsp3) is 0.417. The van der Waals surface area contributed by atoms with Crippen LogP contribution in [0.15, 0.2) is 57.5 Å². The lowest BCUT2D eigenvalue weighted by Gasteiger charge is -2.26. The van der Waals surface area contributed by atoms with Gasteiger partial charge in [-0.2, -0.15) is 0 Å². The molecule has 0 spiro atoms. The lowest BCUT2D eigenvalue weighted by Crippen LogP contribution is -2.41. The largest absolute Gasteiger partial charge is 0.459 e. The Bertz CT molecular complexity index is 927. The van der Waals surface area contributed by atoms with Gasteiger partial charge in [0.05, 0.1) is 11.1 Å². The third kappa shape index (κ3) is 6.63. The normalized spacial score (nSPS) is 20.5. The van der Waals surface area contributed by atoms with Gasteiger partial charge in [0, 0.05) is 8.95 Å². The lowest BCUT2D eigenvalue weighted by atomic mass is 10.0. The summed E-state index contributed by atoms with van der Waals surface area (Å²) in [6.45, 7) is 5.56. The molecule has 1 heterocycles. The summed E-state index contributed by atoms with van der Waals surface area (Å²) in [7, 11) is 0. The minimum Gasteiger partial charge on any atom is -0.459 e. The number of hydrogen-bond donors (Lipinski definition) is 0. The first-order valence-electron chi connectivity index (χ1n) is 10.4. The fourth-order valence-electron chi connectivity index (χ4n) is 3.50. The van der Waals surface area contributed by atoms with Crippen molar-refractivity contribution in [3.05, 3.63) is 68.6 Å². The molecule has 0 N–H and O–H groups in total. The van der Waals surface area contributed by atoms with Crippen LogP contribution in [0, 0.1) is 0 Å². The highest BCUT2D eigenvalue weighted by Crippen LogP contribution is 2.33. The predicted octanol–water partition coefficient (Wildman–Crippen LogP) is 5.91. The number of esters is 2. The molecule has 0 unspecified atom stereocenters. The van der Waals surface area contributed by atoms with E-state index in [9.17, 15) is 9.59 Å². The van der Waals surface area contributed by atoms with Gasteiger partial charge in [-0.25, -0.2) is 9.59 Å². The Morgan fingerprint density at radius 2 is 1.47 bits per heavy atom. The van der Waals surface area contributed by atoms with Gasteiger partial charge in [-0.3, -0.25) is 0 Å². The molecule has 2 aromatic carbocycles. The zero-order chi connectivity index (χ0) is 23.3. The van der Waals surface area contributed by atoms with E-state index in [1.54, 1.807) is 62.4 Å². The maximum atomic E-state index is 12.7. The van der Waals surface area contributed by atoms with E-state index in [0.717, 1.165) is 15.4 Å². The van der Waals surface area contributed by atoms with E-state index in [1.165, 1.54) is 0 Å². The molecule has 1 aliphatic rings. The number of hydrogen-bond acceptors (Lipinski definition) is 6. The van der Waals surface area contributed by atoms with E-state index < -0.39 is 36.0 Å². The smallest absolute Gasteiger partial charge is 0.338 e. The van der Waals surface area contributed by atoms with Crippen LogP contribution in [0.1, 0.15) is 54.3 Å². The van der Waals surface area contributed by atoms with E-state index in [-0.39, 0.29) is 6.61 Å². The van der Waals surface area contributed by atoms with Crippen molar-refractivity contribution >= 4 is 43.8 Å². The van der Waals surface area contributed by atoms with Gasteiger partial charge in [-0.1, -0.05) is 45.2 Å². The van der Waals surface area contributed by atoms with Gasteiger partial charge < -0.3 is 18.9 Å². The molecule has 0 radical (unpaired) electrons. The second kappa shape index (κ2) is 10.9. The maximum absolute atomic E-state index is 12.7. The van der Waals surface area contributed by atoms with Crippen LogP contribution in [0.4, 0.5) is 0 Å². The summed E-state index contributed by atoms with van der Waals surface area (Å²) in [6, 6.07) is 13.9. The van der Waals surface area contributed by atoms with Gasteiger partial charge in [-0.15, -0.1) is 0 Å². The van der Waals surface area contributed by atoms with Gasteiger partial charge in [0.25, 0.3) is 0 Å². The van der Waals surface area contributed by atoms with E-state index in [4.69, 9.17) is 18.9 Å². The average molecular weight is 570 g/mol. The molecule has 0 bridgehead atoms. The van der Waals surface area contributed by atoms with Crippen LogP contribution in [0.3, 0.4) is 0 Å². The Labute approximate surface area is 204 Å². The van der Waals surface area contributed by atoms with Crippen LogP contribution in [-0.4, -0.2) is 42.6 Å².